The number of thiophene rings is 1. The van der Waals surface area contributed by atoms with E-state index in [9.17, 15) is 9.59 Å². The Bertz CT molecular complexity index is 1050. The molecule has 0 radical (unpaired) electrons. The quantitative estimate of drug-likeness (QED) is 0.542. The van der Waals surface area contributed by atoms with Crippen molar-refractivity contribution in [3.8, 4) is 0 Å². The first-order valence-corrected chi connectivity index (χ1v) is 12.2. The maximum atomic E-state index is 13.8. The van der Waals surface area contributed by atoms with Gasteiger partial charge in [-0.3, -0.25) is 14.5 Å². The summed E-state index contributed by atoms with van der Waals surface area (Å²) in [7, 11) is 1.93. The third-order valence-corrected chi connectivity index (χ3v) is 7.15. The molecule has 1 aromatic carbocycles. The summed E-state index contributed by atoms with van der Waals surface area (Å²) in [6, 6.07) is 15.0. The Morgan fingerprint density at radius 3 is 2.53 bits per heavy atom. The van der Waals surface area contributed by atoms with Crippen LogP contribution in [0.5, 0.6) is 0 Å². The molecule has 3 aromatic rings. The van der Waals surface area contributed by atoms with Gasteiger partial charge in [0.15, 0.2) is 6.04 Å². The van der Waals surface area contributed by atoms with Crippen LogP contribution in [0.4, 0.5) is 5.69 Å². The lowest BCUT2D eigenvalue weighted by Gasteiger charge is -2.34. The Kier molecular flexibility index (Phi) is 7.10. The van der Waals surface area contributed by atoms with Gasteiger partial charge in [-0.15, -0.1) is 11.3 Å². The van der Waals surface area contributed by atoms with Crippen molar-refractivity contribution < 1.29 is 9.59 Å². The van der Waals surface area contributed by atoms with E-state index in [-0.39, 0.29) is 24.3 Å². The van der Waals surface area contributed by atoms with Gasteiger partial charge in [0.1, 0.15) is 0 Å². The van der Waals surface area contributed by atoms with Crippen LogP contribution in [0.25, 0.3) is 0 Å². The zero-order chi connectivity index (χ0) is 22.5. The van der Waals surface area contributed by atoms with Crippen molar-refractivity contribution in [1.82, 2.24) is 9.88 Å². The average Bonchev–Trinajstić information content (AvgIpc) is 3.45. The summed E-state index contributed by atoms with van der Waals surface area (Å²) in [6.07, 6.45) is 7.69. The fourth-order valence-corrected chi connectivity index (χ4v) is 5.26. The van der Waals surface area contributed by atoms with Gasteiger partial charge in [0.2, 0.25) is 11.8 Å². The number of aromatic nitrogens is 1. The lowest BCUT2D eigenvalue weighted by atomic mass is 9.95. The third kappa shape index (κ3) is 4.96. The monoisotopic (exact) mass is 449 g/mol. The lowest BCUT2D eigenvalue weighted by Crippen LogP contribution is -2.48. The van der Waals surface area contributed by atoms with E-state index < -0.39 is 6.04 Å². The number of hydrogen-bond donors (Lipinski definition) is 1. The summed E-state index contributed by atoms with van der Waals surface area (Å²) >= 11 is 1.56. The molecular formula is C26H31N3O2S. The Morgan fingerprint density at radius 1 is 1.09 bits per heavy atom. The van der Waals surface area contributed by atoms with Gasteiger partial charge in [-0.25, -0.2) is 0 Å². The number of nitrogens with zero attached hydrogens (tertiary/aromatic N) is 2. The molecule has 1 N–H and O–H groups in total. The first-order valence-electron chi connectivity index (χ1n) is 11.4. The molecule has 0 saturated heterocycles. The Labute approximate surface area is 194 Å². The molecule has 1 fully saturated rings. The van der Waals surface area contributed by atoms with Crippen LogP contribution < -0.4 is 10.2 Å². The van der Waals surface area contributed by atoms with Crippen molar-refractivity contribution in [1.29, 1.82) is 0 Å². The summed E-state index contributed by atoms with van der Waals surface area (Å²) in [5.74, 6) is -0.187. The highest BCUT2D eigenvalue weighted by Crippen LogP contribution is 2.32. The molecule has 2 heterocycles. The number of nitrogens with one attached hydrogen (secondary N) is 1. The first kappa shape index (κ1) is 22.3. The molecule has 0 unspecified atom stereocenters. The molecule has 6 heteroatoms. The molecular weight excluding hydrogens is 418 g/mol. The molecule has 2 aromatic heterocycles. The molecule has 1 aliphatic rings. The number of aryl methyl sites for hydroxylation is 2. The topological polar surface area (TPSA) is 54.3 Å². The van der Waals surface area contributed by atoms with Crippen molar-refractivity contribution in [3.63, 3.8) is 0 Å². The van der Waals surface area contributed by atoms with E-state index >= 15 is 0 Å². The van der Waals surface area contributed by atoms with Crippen LogP contribution in [-0.4, -0.2) is 22.4 Å². The number of carbonyl (C=O) groups is 2. The van der Waals surface area contributed by atoms with E-state index in [0.29, 0.717) is 0 Å². The van der Waals surface area contributed by atoms with Gasteiger partial charge >= 0.3 is 0 Å². The molecule has 0 aliphatic heterocycles. The van der Waals surface area contributed by atoms with Crippen LogP contribution in [-0.2, 0) is 23.1 Å². The van der Waals surface area contributed by atoms with E-state index in [1.165, 1.54) is 6.42 Å². The second-order valence-corrected chi connectivity index (χ2v) is 9.63. The number of benzene rings is 1. The minimum Gasteiger partial charge on any atom is -0.352 e. The number of rotatable bonds is 7. The van der Waals surface area contributed by atoms with E-state index in [0.717, 1.165) is 47.5 Å². The van der Waals surface area contributed by atoms with Gasteiger partial charge in [0.25, 0.3) is 0 Å². The van der Waals surface area contributed by atoms with Gasteiger partial charge < -0.3 is 9.88 Å². The standard InChI is InChI=1S/C26H31N3O2S/c1-19-10-6-7-14-22(19)29(24(30)18-21-13-9-17-32-21)25(23-15-8-16-28(23)2)26(31)27-20-11-4-3-5-12-20/h6-10,13-17,20,25H,3-5,11-12,18H2,1-2H3,(H,27,31)/t25-/m0/s1. The summed E-state index contributed by atoms with van der Waals surface area (Å²) in [4.78, 5) is 30.2. The summed E-state index contributed by atoms with van der Waals surface area (Å²) in [6.45, 7) is 1.99. The van der Waals surface area contributed by atoms with Gasteiger partial charge in [0, 0.05) is 29.9 Å². The predicted octanol–water partition coefficient (Wildman–Crippen LogP) is 5.16. The van der Waals surface area contributed by atoms with Crippen LogP contribution in [0.1, 0.15) is 54.3 Å². The summed E-state index contributed by atoms with van der Waals surface area (Å²) in [5, 5.41) is 5.25. The van der Waals surface area contributed by atoms with Crippen molar-refractivity contribution in [2.24, 2.45) is 7.05 Å². The number of carbonyl (C=O) groups excluding carboxylic acids is 2. The lowest BCUT2D eigenvalue weighted by molar-refractivity contribution is -0.127. The van der Waals surface area contributed by atoms with Gasteiger partial charge in [-0.1, -0.05) is 43.5 Å². The number of anilines is 1. The molecule has 0 bridgehead atoms. The fraction of sp³-hybridized carbons (Fsp3) is 0.385. The van der Waals surface area contributed by atoms with Crippen LogP contribution in [0.3, 0.4) is 0 Å². The van der Waals surface area contributed by atoms with Crippen molar-refractivity contribution >= 4 is 28.8 Å². The molecule has 1 saturated carbocycles. The predicted molar refractivity (Wildman–Crippen MR) is 130 cm³/mol. The van der Waals surface area contributed by atoms with Crippen molar-refractivity contribution in [2.45, 2.75) is 57.5 Å². The highest BCUT2D eigenvalue weighted by molar-refractivity contribution is 7.10. The van der Waals surface area contributed by atoms with Crippen molar-refractivity contribution in [3.05, 3.63) is 76.2 Å². The molecule has 5 nitrogen and oxygen atoms in total. The number of para-hydroxylation sites is 1. The Morgan fingerprint density at radius 2 is 1.88 bits per heavy atom. The second kappa shape index (κ2) is 10.2. The molecule has 32 heavy (non-hydrogen) atoms. The smallest absolute Gasteiger partial charge is 0.249 e. The first-order chi connectivity index (χ1) is 15.5. The Balaban J connectivity index is 1.75. The van der Waals surface area contributed by atoms with E-state index in [1.807, 2.05) is 78.6 Å². The van der Waals surface area contributed by atoms with Crippen LogP contribution in [0.15, 0.2) is 60.1 Å². The van der Waals surface area contributed by atoms with E-state index in [2.05, 4.69) is 5.32 Å². The van der Waals surface area contributed by atoms with Crippen LogP contribution >= 0.6 is 11.3 Å². The highest BCUT2D eigenvalue weighted by Gasteiger charge is 2.36. The van der Waals surface area contributed by atoms with Crippen LogP contribution in [0, 0.1) is 6.92 Å². The van der Waals surface area contributed by atoms with Gasteiger partial charge in [0.05, 0.1) is 12.1 Å². The molecule has 1 aliphatic carbocycles. The number of hydrogen-bond acceptors (Lipinski definition) is 3. The van der Waals surface area contributed by atoms with Crippen molar-refractivity contribution in [2.75, 3.05) is 4.90 Å². The SMILES string of the molecule is Cc1ccccc1N(C(=O)Cc1cccs1)[C@H](C(=O)NC1CCCCC1)c1cccn1C. The highest BCUT2D eigenvalue weighted by atomic mass is 32.1. The maximum Gasteiger partial charge on any atom is 0.249 e. The fourth-order valence-electron chi connectivity index (χ4n) is 4.57. The summed E-state index contributed by atoms with van der Waals surface area (Å²) in [5.41, 5.74) is 2.55. The van der Waals surface area contributed by atoms with Gasteiger partial charge in [-0.05, 0) is 55.0 Å². The normalized spacial score (nSPS) is 15.3. The zero-order valence-electron chi connectivity index (χ0n) is 18.8. The molecule has 4 rings (SSSR count). The molecule has 2 amide bonds. The third-order valence-electron chi connectivity index (χ3n) is 6.27. The molecule has 1 atom stereocenters. The van der Waals surface area contributed by atoms with Gasteiger partial charge in [-0.2, -0.15) is 0 Å². The molecule has 0 spiro atoms. The maximum absolute atomic E-state index is 13.8. The Hall–Kier alpha value is -2.86. The summed E-state index contributed by atoms with van der Waals surface area (Å²) < 4.78 is 1.94. The largest absolute Gasteiger partial charge is 0.352 e. The minimum absolute atomic E-state index is 0.0771. The molecule has 168 valence electrons. The zero-order valence-corrected chi connectivity index (χ0v) is 19.6. The minimum atomic E-state index is -0.731. The average molecular weight is 450 g/mol. The van der Waals surface area contributed by atoms with E-state index in [1.54, 1.807) is 16.2 Å². The number of amides is 2. The van der Waals surface area contributed by atoms with E-state index in [4.69, 9.17) is 0 Å². The van der Waals surface area contributed by atoms with Crippen LogP contribution in [0.2, 0.25) is 0 Å². The second-order valence-electron chi connectivity index (χ2n) is 8.60.